The van der Waals surface area contributed by atoms with E-state index < -0.39 is 0 Å². The second-order valence-electron chi connectivity index (χ2n) is 5.78. The van der Waals surface area contributed by atoms with Crippen molar-refractivity contribution in [3.05, 3.63) is 58.6 Å². The monoisotopic (exact) mass is 362 g/mol. The minimum Gasteiger partial charge on any atom is -0.493 e. The molecular formula is C19H23ClN2O3. The smallest absolute Gasteiger partial charge is 0.252 e. The van der Waals surface area contributed by atoms with E-state index in [1.54, 1.807) is 38.5 Å². The number of nitrogens with zero attached hydrogens (tertiary/aromatic N) is 1. The van der Waals surface area contributed by atoms with E-state index in [0.29, 0.717) is 28.6 Å². The van der Waals surface area contributed by atoms with Gasteiger partial charge in [-0.2, -0.15) is 0 Å². The standard InChI is InChI=1S/C19H23ClN2O3/c1-22(2)16(13-9-10-17(24-3)18(11-13)25-4)12-21-19(23)14-7-5-6-8-15(14)20/h5-11,16H,12H2,1-4H3,(H,21,23). The maximum absolute atomic E-state index is 12.4. The molecule has 134 valence electrons. The van der Waals surface area contributed by atoms with E-state index in [1.165, 1.54) is 0 Å². The molecule has 0 heterocycles. The van der Waals surface area contributed by atoms with E-state index in [9.17, 15) is 4.79 Å². The lowest BCUT2D eigenvalue weighted by molar-refractivity contribution is 0.0942. The molecule has 0 bridgehead atoms. The van der Waals surface area contributed by atoms with Gasteiger partial charge in [0.25, 0.3) is 5.91 Å². The number of rotatable bonds is 7. The lowest BCUT2D eigenvalue weighted by atomic mass is 10.0. The van der Waals surface area contributed by atoms with Gasteiger partial charge in [-0.1, -0.05) is 29.8 Å². The van der Waals surface area contributed by atoms with Crippen molar-refractivity contribution in [3.63, 3.8) is 0 Å². The summed E-state index contributed by atoms with van der Waals surface area (Å²) in [6, 6.07) is 12.7. The quantitative estimate of drug-likeness (QED) is 0.820. The summed E-state index contributed by atoms with van der Waals surface area (Å²) in [4.78, 5) is 14.4. The first kappa shape index (κ1) is 19.1. The van der Waals surface area contributed by atoms with Crippen molar-refractivity contribution >= 4 is 17.5 Å². The predicted octanol–water partition coefficient (Wildman–Crippen LogP) is 3.39. The minimum atomic E-state index is -0.196. The van der Waals surface area contributed by atoms with Gasteiger partial charge in [-0.3, -0.25) is 4.79 Å². The second kappa shape index (κ2) is 8.74. The van der Waals surface area contributed by atoms with Crippen molar-refractivity contribution in [3.8, 4) is 11.5 Å². The van der Waals surface area contributed by atoms with Crippen molar-refractivity contribution in [1.29, 1.82) is 0 Å². The molecule has 6 heteroatoms. The zero-order valence-corrected chi connectivity index (χ0v) is 15.6. The second-order valence-corrected chi connectivity index (χ2v) is 6.19. The average molecular weight is 363 g/mol. The number of methoxy groups -OCH3 is 2. The largest absolute Gasteiger partial charge is 0.493 e. The summed E-state index contributed by atoms with van der Waals surface area (Å²) in [5.74, 6) is 1.13. The molecule has 1 atom stereocenters. The highest BCUT2D eigenvalue weighted by Gasteiger charge is 2.18. The molecule has 0 fully saturated rings. The summed E-state index contributed by atoms with van der Waals surface area (Å²) in [6.07, 6.45) is 0. The summed E-state index contributed by atoms with van der Waals surface area (Å²) in [7, 11) is 7.13. The summed E-state index contributed by atoms with van der Waals surface area (Å²) < 4.78 is 10.6. The van der Waals surface area contributed by atoms with Crippen LogP contribution in [0, 0.1) is 0 Å². The molecule has 1 amide bonds. The van der Waals surface area contributed by atoms with E-state index in [1.807, 2.05) is 37.2 Å². The fourth-order valence-corrected chi connectivity index (χ4v) is 2.81. The Morgan fingerprint density at radius 3 is 2.40 bits per heavy atom. The van der Waals surface area contributed by atoms with Gasteiger partial charge in [0.2, 0.25) is 0 Å². The van der Waals surface area contributed by atoms with Crippen LogP contribution >= 0.6 is 11.6 Å². The lowest BCUT2D eigenvalue weighted by Crippen LogP contribution is -2.34. The third-order valence-electron chi connectivity index (χ3n) is 3.99. The molecule has 5 nitrogen and oxygen atoms in total. The highest BCUT2D eigenvalue weighted by atomic mass is 35.5. The molecule has 0 saturated heterocycles. The number of benzene rings is 2. The Morgan fingerprint density at radius 2 is 1.80 bits per heavy atom. The molecule has 2 aromatic carbocycles. The highest BCUT2D eigenvalue weighted by molar-refractivity contribution is 6.33. The molecule has 0 aliphatic rings. The zero-order valence-electron chi connectivity index (χ0n) is 14.9. The number of hydrogen-bond donors (Lipinski definition) is 1. The van der Waals surface area contributed by atoms with Gasteiger partial charge >= 0.3 is 0 Å². The molecule has 2 rings (SSSR count). The number of carbonyl (C=O) groups excluding carboxylic acids is 1. The number of halogens is 1. The van der Waals surface area contributed by atoms with Crippen molar-refractivity contribution < 1.29 is 14.3 Å². The van der Waals surface area contributed by atoms with Crippen LogP contribution in [0.25, 0.3) is 0 Å². The van der Waals surface area contributed by atoms with Crippen LogP contribution in [0.15, 0.2) is 42.5 Å². The molecule has 1 unspecified atom stereocenters. The molecule has 0 radical (unpaired) electrons. The van der Waals surface area contributed by atoms with Gasteiger partial charge in [0.1, 0.15) is 0 Å². The van der Waals surface area contributed by atoms with E-state index in [0.717, 1.165) is 5.56 Å². The Kier molecular flexibility index (Phi) is 6.67. The molecule has 0 aliphatic heterocycles. The molecule has 0 aliphatic carbocycles. The maximum Gasteiger partial charge on any atom is 0.252 e. The van der Waals surface area contributed by atoms with Gasteiger partial charge in [-0.15, -0.1) is 0 Å². The molecular weight excluding hydrogens is 340 g/mol. The van der Waals surface area contributed by atoms with Gasteiger partial charge in [0.05, 0.1) is 30.8 Å². The third-order valence-corrected chi connectivity index (χ3v) is 4.32. The van der Waals surface area contributed by atoms with Gasteiger partial charge in [0, 0.05) is 6.54 Å². The van der Waals surface area contributed by atoms with E-state index in [-0.39, 0.29) is 11.9 Å². The van der Waals surface area contributed by atoms with Crippen LogP contribution in [0.4, 0.5) is 0 Å². The van der Waals surface area contributed by atoms with Crippen LogP contribution in [0.5, 0.6) is 11.5 Å². The fraction of sp³-hybridized carbons (Fsp3) is 0.316. The van der Waals surface area contributed by atoms with Crippen LogP contribution in [-0.2, 0) is 0 Å². The van der Waals surface area contributed by atoms with Crippen LogP contribution < -0.4 is 14.8 Å². The first-order chi connectivity index (χ1) is 12.0. The number of carbonyl (C=O) groups is 1. The van der Waals surface area contributed by atoms with Gasteiger partial charge in [0.15, 0.2) is 11.5 Å². The molecule has 25 heavy (non-hydrogen) atoms. The summed E-state index contributed by atoms with van der Waals surface area (Å²) in [5.41, 5.74) is 1.48. The fourth-order valence-electron chi connectivity index (χ4n) is 2.59. The van der Waals surface area contributed by atoms with Crippen LogP contribution in [-0.4, -0.2) is 45.7 Å². The molecule has 2 aromatic rings. The van der Waals surface area contributed by atoms with Gasteiger partial charge in [-0.05, 0) is 43.9 Å². The normalized spacial score (nSPS) is 11.9. The Balaban J connectivity index is 2.16. The molecule has 0 aromatic heterocycles. The number of nitrogens with one attached hydrogen (secondary N) is 1. The zero-order chi connectivity index (χ0) is 18.4. The van der Waals surface area contributed by atoms with Crippen LogP contribution in [0.1, 0.15) is 22.0 Å². The summed E-state index contributed by atoms with van der Waals surface area (Å²) >= 11 is 6.09. The average Bonchev–Trinajstić information content (AvgIpc) is 2.61. The number of likely N-dealkylation sites (N-methyl/N-ethyl adjacent to an activating group) is 1. The van der Waals surface area contributed by atoms with E-state index >= 15 is 0 Å². The Bertz CT molecular complexity index is 734. The van der Waals surface area contributed by atoms with E-state index in [4.69, 9.17) is 21.1 Å². The Labute approximate surface area is 153 Å². The number of ether oxygens (including phenoxy) is 2. The highest BCUT2D eigenvalue weighted by Crippen LogP contribution is 2.31. The summed E-state index contributed by atoms with van der Waals surface area (Å²) in [6.45, 7) is 0.437. The Hall–Kier alpha value is -2.24. The van der Waals surface area contributed by atoms with Crippen molar-refractivity contribution in [2.24, 2.45) is 0 Å². The SMILES string of the molecule is COc1ccc(C(CNC(=O)c2ccccc2Cl)N(C)C)cc1OC. The van der Waals surface area contributed by atoms with Crippen LogP contribution in [0.2, 0.25) is 5.02 Å². The first-order valence-electron chi connectivity index (χ1n) is 7.89. The van der Waals surface area contributed by atoms with Crippen molar-refractivity contribution in [2.75, 3.05) is 34.9 Å². The third kappa shape index (κ3) is 4.65. The molecule has 0 spiro atoms. The topological polar surface area (TPSA) is 50.8 Å². The summed E-state index contributed by atoms with van der Waals surface area (Å²) in [5, 5.41) is 3.39. The first-order valence-corrected chi connectivity index (χ1v) is 8.26. The van der Waals surface area contributed by atoms with Crippen molar-refractivity contribution in [2.45, 2.75) is 6.04 Å². The molecule has 1 N–H and O–H groups in total. The minimum absolute atomic E-state index is 0.0220. The maximum atomic E-state index is 12.4. The predicted molar refractivity (Wildman–Crippen MR) is 99.8 cm³/mol. The Morgan fingerprint density at radius 1 is 1.12 bits per heavy atom. The van der Waals surface area contributed by atoms with Gasteiger partial charge in [-0.25, -0.2) is 0 Å². The lowest BCUT2D eigenvalue weighted by Gasteiger charge is -2.26. The van der Waals surface area contributed by atoms with Gasteiger partial charge < -0.3 is 19.7 Å². The van der Waals surface area contributed by atoms with E-state index in [2.05, 4.69) is 5.32 Å². The van der Waals surface area contributed by atoms with Crippen molar-refractivity contribution in [1.82, 2.24) is 10.2 Å². The molecule has 0 saturated carbocycles. The van der Waals surface area contributed by atoms with Crippen LogP contribution in [0.3, 0.4) is 0 Å². The number of amides is 1. The number of hydrogen-bond acceptors (Lipinski definition) is 4.